The maximum absolute atomic E-state index is 12.6. The molecule has 0 atom stereocenters. The summed E-state index contributed by atoms with van der Waals surface area (Å²) in [4.78, 5) is 16.7. The average molecular weight is 438 g/mol. The lowest BCUT2D eigenvalue weighted by atomic mass is 10.2. The minimum atomic E-state index is 0.0948. The van der Waals surface area contributed by atoms with Gasteiger partial charge in [-0.05, 0) is 47.7 Å². The van der Waals surface area contributed by atoms with Crippen molar-refractivity contribution in [2.75, 3.05) is 37.7 Å². The Morgan fingerprint density at radius 2 is 1.88 bits per heavy atom. The van der Waals surface area contributed by atoms with Gasteiger partial charge in [0.05, 0.1) is 12.2 Å². The number of amides is 1. The average Bonchev–Trinajstić information content (AvgIpc) is 2.63. The van der Waals surface area contributed by atoms with Gasteiger partial charge < -0.3 is 14.5 Å². The third-order valence-electron chi connectivity index (χ3n) is 3.91. The van der Waals surface area contributed by atoms with Gasteiger partial charge in [-0.15, -0.1) is 10.2 Å². The number of ether oxygens (including phenoxy) is 1. The van der Waals surface area contributed by atoms with Crippen LogP contribution in [0.1, 0.15) is 17.3 Å². The Morgan fingerprint density at radius 1 is 1.12 bits per heavy atom. The molecule has 0 radical (unpaired) electrons. The standard InChI is InChI=1S/C17H19IN4O2/c1-2-24-16-8-7-15(19-20-16)21-9-11-22(12-10-21)17(23)13-5-3-4-6-14(13)18/h3-8H,2,9-12H2,1H3. The summed E-state index contributed by atoms with van der Waals surface area (Å²) in [6.45, 7) is 5.35. The van der Waals surface area contributed by atoms with E-state index in [1.807, 2.05) is 48.2 Å². The fraction of sp³-hybridized carbons (Fsp3) is 0.353. The van der Waals surface area contributed by atoms with E-state index in [0.29, 0.717) is 25.6 Å². The topological polar surface area (TPSA) is 58.6 Å². The Morgan fingerprint density at radius 3 is 2.50 bits per heavy atom. The lowest BCUT2D eigenvalue weighted by molar-refractivity contribution is 0.0745. The molecule has 1 fully saturated rings. The third kappa shape index (κ3) is 3.77. The van der Waals surface area contributed by atoms with Crippen molar-refractivity contribution in [3.05, 3.63) is 45.5 Å². The van der Waals surface area contributed by atoms with Gasteiger partial charge in [-0.2, -0.15) is 0 Å². The second kappa shape index (κ2) is 7.78. The normalized spacial score (nSPS) is 14.6. The molecule has 1 aliphatic rings. The summed E-state index contributed by atoms with van der Waals surface area (Å²) in [5.41, 5.74) is 0.771. The summed E-state index contributed by atoms with van der Waals surface area (Å²) in [6.07, 6.45) is 0. The highest BCUT2D eigenvalue weighted by molar-refractivity contribution is 14.1. The molecule has 24 heavy (non-hydrogen) atoms. The molecule has 1 aliphatic heterocycles. The molecule has 0 saturated carbocycles. The van der Waals surface area contributed by atoms with Crippen molar-refractivity contribution < 1.29 is 9.53 Å². The van der Waals surface area contributed by atoms with Gasteiger partial charge in [-0.1, -0.05) is 12.1 Å². The number of aromatic nitrogens is 2. The van der Waals surface area contributed by atoms with E-state index in [1.54, 1.807) is 0 Å². The van der Waals surface area contributed by atoms with Crippen LogP contribution in [0.5, 0.6) is 5.88 Å². The number of anilines is 1. The van der Waals surface area contributed by atoms with Gasteiger partial charge >= 0.3 is 0 Å². The van der Waals surface area contributed by atoms with Crippen molar-refractivity contribution in [1.29, 1.82) is 0 Å². The summed E-state index contributed by atoms with van der Waals surface area (Å²) < 4.78 is 6.30. The number of rotatable bonds is 4. The van der Waals surface area contributed by atoms with E-state index in [4.69, 9.17) is 4.74 Å². The van der Waals surface area contributed by atoms with Crippen molar-refractivity contribution in [3.8, 4) is 5.88 Å². The largest absolute Gasteiger partial charge is 0.477 e. The maximum Gasteiger partial charge on any atom is 0.255 e. The van der Waals surface area contributed by atoms with Crippen LogP contribution in [0.25, 0.3) is 0 Å². The molecule has 1 saturated heterocycles. The van der Waals surface area contributed by atoms with Gasteiger partial charge in [0.25, 0.3) is 5.91 Å². The molecule has 0 spiro atoms. The molecule has 1 amide bonds. The van der Waals surface area contributed by atoms with Crippen LogP contribution in [0.2, 0.25) is 0 Å². The number of hydrogen-bond acceptors (Lipinski definition) is 5. The van der Waals surface area contributed by atoms with Gasteiger partial charge in [-0.25, -0.2) is 0 Å². The SMILES string of the molecule is CCOc1ccc(N2CCN(C(=O)c3ccccc3I)CC2)nn1. The fourth-order valence-electron chi connectivity index (χ4n) is 2.65. The molecule has 7 heteroatoms. The number of hydrogen-bond donors (Lipinski definition) is 0. The highest BCUT2D eigenvalue weighted by atomic mass is 127. The zero-order valence-electron chi connectivity index (χ0n) is 13.5. The number of nitrogens with zero attached hydrogens (tertiary/aromatic N) is 4. The molecular formula is C17H19IN4O2. The number of benzene rings is 1. The fourth-order valence-corrected chi connectivity index (χ4v) is 3.27. The molecule has 0 unspecified atom stereocenters. The first-order valence-corrected chi connectivity index (χ1v) is 9.02. The molecular weight excluding hydrogens is 419 g/mol. The second-order valence-electron chi connectivity index (χ2n) is 5.42. The number of carbonyl (C=O) groups excluding carboxylic acids is 1. The Labute approximate surface area is 155 Å². The van der Waals surface area contributed by atoms with Crippen LogP contribution in [0.3, 0.4) is 0 Å². The Balaban J connectivity index is 1.61. The van der Waals surface area contributed by atoms with Crippen molar-refractivity contribution in [2.45, 2.75) is 6.92 Å². The lowest BCUT2D eigenvalue weighted by Gasteiger charge is -2.35. The molecule has 0 aliphatic carbocycles. The van der Waals surface area contributed by atoms with Gasteiger partial charge in [-0.3, -0.25) is 4.79 Å². The Kier molecular flexibility index (Phi) is 5.49. The van der Waals surface area contributed by atoms with Gasteiger partial charge in [0.15, 0.2) is 5.82 Å². The smallest absolute Gasteiger partial charge is 0.255 e. The molecule has 126 valence electrons. The van der Waals surface area contributed by atoms with Crippen LogP contribution in [0.4, 0.5) is 5.82 Å². The van der Waals surface area contributed by atoms with Crippen molar-refractivity contribution >= 4 is 34.3 Å². The maximum atomic E-state index is 12.6. The second-order valence-corrected chi connectivity index (χ2v) is 6.58. The van der Waals surface area contributed by atoms with E-state index in [1.165, 1.54) is 0 Å². The summed E-state index contributed by atoms with van der Waals surface area (Å²) in [7, 11) is 0. The number of piperazine rings is 1. The van der Waals surface area contributed by atoms with E-state index in [-0.39, 0.29) is 5.91 Å². The summed E-state index contributed by atoms with van der Waals surface area (Å²) in [5.74, 6) is 1.45. The van der Waals surface area contributed by atoms with Crippen molar-refractivity contribution in [1.82, 2.24) is 15.1 Å². The zero-order chi connectivity index (χ0) is 16.9. The minimum Gasteiger partial charge on any atom is -0.477 e. The summed E-state index contributed by atoms with van der Waals surface area (Å²) in [6, 6.07) is 11.4. The zero-order valence-corrected chi connectivity index (χ0v) is 15.6. The first-order valence-electron chi connectivity index (χ1n) is 7.94. The van der Waals surface area contributed by atoms with E-state index in [9.17, 15) is 4.79 Å². The van der Waals surface area contributed by atoms with E-state index in [2.05, 4.69) is 37.7 Å². The number of carbonyl (C=O) groups is 1. The van der Waals surface area contributed by atoms with E-state index < -0.39 is 0 Å². The minimum absolute atomic E-state index is 0.0948. The Bertz CT molecular complexity index is 700. The molecule has 2 heterocycles. The highest BCUT2D eigenvalue weighted by Crippen LogP contribution is 2.18. The molecule has 6 nitrogen and oxygen atoms in total. The van der Waals surface area contributed by atoms with E-state index in [0.717, 1.165) is 28.0 Å². The molecule has 0 bridgehead atoms. The molecule has 1 aromatic heterocycles. The van der Waals surface area contributed by atoms with Crippen LogP contribution < -0.4 is 9.64 Å². The van der Waals surface area contributed by atoms with Gasteiger partial charge in [0, 0.05) is 35.8 Å². The molecule has 1 aromatic carbocycles. The van der Waals surface area contributed by atoms with Gasteiger partial charge in [0.1, 0.15) is 0 Å². The Hall–Kier alpha value is -1.90. The van der Waals surface area contributed by atoms with Gasteiger partial charge in [0.2, 0.25) is 5.88 Å². The number of halogens is 1. The lowest BCUT2D eigenvalue weighted by Crippen LogP contribution is -2.49. The summed E-state index contributed by atoms with van der Waals surface area (Å²) >= 11 is 2.21. The van der Waals surface area contributed by atoms with Crippen LogP contribution in [0.15, 0.2) is 36.4 Å². The van der Waals surface area contributed by atoms with Crippen LogP contribution >= 0.6 is 22.6 Å². The quantitative estimate of drug-likeness (QED) is 0.687. The monoisotopic (exact) mass is 438 g/mol. The van der Waals surface area contributed by atoms with Crippen molar-refractivity contribution in [2.24, 2.45) is 0 Å². The van der Waals surface area contributed by atoms with Crippen molar-refractivity contribution in [3.63, 3.8) is 0 Å². The van der Waals surface area contributed by atoms with E-state index >= 15 is 0 Å². The first-order chi connectivity index (χ1) is 11.7. The molecule has 3 rings (SSSR count). The highest BCUT2D eigenvalue weighted by Gasteiger charge is 2.24. The third-order valence-corrected chi connectivity index (χ3v) is 4.85. The van der Waals surface area contributed by atoms with Crippen LogP contribution in [-0.4, -0.2) is 53.8 Å². The predicted molar refractivity (Wildman–Crippen MR) is 100 cm³/mol. The van der Waals surface area contributed by atoms with Crippen LogP contribution in [0, 0.1) is 3.57 Å². The summed E-state index contributed by atoms with van der Waals surface area (Å²) in [5, 5.41) is 8.27. The molecule has 0 N–H and O–H groups in total. The van der Waals surface area contributed by atoms with Crippen LogP contribution in [-0.2, 0) is 0 Å². The molecule has 2 aromatic rings. The predicted octanol–water partition coefficient (Wildman–Crippen LogP) is 2.44. The first kappa shape index (κ1) is 16.9.